The number of fused-ring (bicyclic) bond motifs is 1. The molecule has 0 fully saturated rings. The third-order valence-electron chi connectivity index (χ3n) is 3.55. The quantitative estimate of drug-likeness (QED) is 0.837. The summed E-state index contributed by atoms with van der Waals surface area (Å²) in [5, 5.41) is 6.75. The van der Waals surface area contributed by atoms with Crippen LogP contribution in [0.2, 0.25) is 5.02 Å². The van der Waals surface area contributed by atoms with E-state index in [1.807, 2.05) is 31.2 Å². The van der Waals surface area contributed by atoms with E-state index in [0.717, 1.165) is 16.8 Å². The van der Waals surface area contributed by atoms with Crippen LogP contribution >= 0.6 is 11.6 Å². The Kier molecular flexibility index (Phi) is 3.14. The molecule has 20 heavy (non-hydrogen) atoms. The molecule has 3 nitrogen and oxygen atoms in total. The summed E-state index contributed by atoms with van der Waals surface area (Å²) in [4.78, 5) is 12.2. The van der Waals surface area contributed by atoms with E-state index in [4.69, 9.17) is 11.6 Å². The zero-order chi connectivity index (χ0) is 14.3. The van der Waals surface area contributed by atoms with E-state index in [1.165, 1.54) is 5.56 Å². The maximum absolute atomic E-state index is 12.2. The van der Waals surface area contributed by atoms with Crippen molar-refractivity contribution in [3.05, 3.63) is 63.7 Å². The molecule has 1 heterocycles. The van der Waals surface area contributed by atoms with Crippen molar-refractivity contribution in [1.82, 2.24) is 5.32 Å². The van der Waals surface area contributed by atoms with Crippen molar-refractivity contribution in [2.45, 2.75) is 20.0 Å². The summed E-state index contributed by atoms with van der Waals surface area (Å²) in [5.74, 6) is -0.144. The van der Waals surface area contributed by atoms with Crippen LogP contribution in [0.4, 0.5) is 5.69 Å². The number of rotatable bonds is 1. The van der Waals surface area contributed by atoms with Crippen LogP contribution in [-0.4, -0.2) is 5.91 Å². The van der Waals surface area contributed by atoms with Gasteiger partial charge in [0.1, 0.15) is 6.17 Å². The lowest BCUT2D eigenvalue weighted by Gasteiger charge is -2.29. The van der Waals surface area contributed by atoms with Crippen molar-refractivity contribution in [2.24, 2.45) is 0 Å². The van der Waals surface area contributed by atoms with Gasteiger partial charge in [0.05, 0.1) is 16.3 Å². The van der Waals surface area contributed by atoms with Gasteiger partial charge in [-0.25, -0.2) is 0 Å². The van der Waals surface area contributed by atoms with Gasteiger partial charge in [0.15, 0.2) is 0 Å². The standard InChI is InChI=1S/C16H15ClN2O/c1-9-6-7-11(10(2)8-9)15-18-13-5-3-4-12(17)14(13)16(20)19-15/h3-8,15,18H,1-2H3,(H,19,20). The maximum atomic E-state index is 12.2. The lowest BCUT2D eigenvalue weighted by atomic mass is 10.0. The van der Waals surface area contributed by atoms with Crippen molar-refractivity contribution in [2.75, 3.05) is 5.32 Å². The van der Waals surface area contributed by atoms with Gasteiger partial charge in [-0.2, -0.15) is 0 Å². The third kappa shape index (κ3) is 2.14. The summed E-state index contributed by atoms with van der Waals surface area (Å²) < 4.78 is 0. The number of aryl methyl sites for hydroxylation is 2. The number of halogens is 1. The van der Waals surface area contributed by atoms with E-state index < -0.39 is 0 Å². The summed E-state index contributed by atoms with van der Waals surface area (Å²) in [5.41, 5.74) is 4.70. The molecule has 2 aromatic rings. The molecule has 0 saturated heterocycles. The number of benzene rings is 2. The lowest BCUT2D eigenvalue weighted by molar-refractivity contribution is 0.0936. The minimum Gasteiger partial charge on any atom is -0.361 e. The highest BCUT2D eigenvalue weighted by atomic mass is 35.5. The zero-order valence-corrected chi connectivity index (χ0v) is 12.1. The van der Waals surface area contributed by atoms with Gasteiger partial charge in [-0.1, -0.05) is 41.4 Å². The minimum atomic E-state index is -0.228. The molecule has 4 heteroatoms. The average Bonchev–Trinajstić information content (AvgIpc) is 2.38. The fourth-order valence-corrected chi connectivity index (χ4v) is 2.84. The molecular formula is C16H15ClN2O. The molecule has 1 unspecified atom stereocenters. The first kappa shape index (κ1) is 13.0. The van der Waals surface area contributed by atoms with Crippen LogP contribution in [0.3, 0.4) is 0 Å². The van der Waals surface area contributed by atoms with Crippen LogP contribution in [0.1, 0.15) is 33.2 Å². The Bertz CT molecular complexity index is 697. The summed E-state index contributed by atoms with van der Waals surface area (Å²) in [6.45, 7) is 4.10. The number of anilines is 1. The third-order valence-corrected chi connectivity index (χ3v) is 3.87. The molecule has 3 rings (SSSR count). The van der Waals surface area contributed by atoms with Gasteiger partial charge < -0.3 is 10.6 Å². The first-order chi connectivity index (χ1) is 9.56. The van der Waals surface area contributed by atoms with Gasteiger partial charge in [-0.15, -0.1) is 0 Å². The Morgan fingerprint density at radius 2 is 1.90 bits per heavy atom. The lowest BCUT2D eigenvalue weighted by Crippen LogP contribution is -2.39. The molecule has 1 aliphatic rings. The van der Waals surface area contributed by atoms with E-state index >= 15 is 0 Å². The molecule has 0 spiro atoms. The monoisotopic (exact) mass is 286 g/mol. The summed E-state index contributed by atoms with van der Waals surface area (Å²) in [6.07, 6.45) is -0.228. The van der Waals surface area contributed by atoms with E-state index in [-0.39, 0.29) is 12.1 Å². The first-order valence-electron chi connectivity index (χ1n) is 6.49. The van der Waals surface area contributed by atoms with Gasteiger partial charge >= 0.3 is 0 Å². The smallest absolute Gasteiger partial charge is 0.256 e. The Hall–Kier alpha value is -2.00. The molecule has 0 bridgehead atoms. The Labute approximate surface area is 123 Å². The summed E-state index contributed by atoms with van der Waals surface area (Å²) >= 11 is 6.08. The molecular weight excluding hydrogens is 272 g/mol. The van der Waals surface area contributed by atoms with E-state index in [2.05, 4.69) is 23.6 Å². The second-order valence-corrected chi connectivity index (χ2v) is 5.48. The van der Waals surface area contributed by atoms with Gasteiger partial charge in [0, 0.05) is 0 Å². The van der Waals surface area contributed by atoms with E-state index in [0.29, 0.717) is 10.6 Å². The fourth-order valence-electron chi connectivity index (χ4n) is 2.58. The number of nitrogens with one attached hydrogen (secondary N) is 2. The van der Waals surface area contributed by atoms with Gasteiger partial charge in [0.2, 0.25) is 0 Å². The van der Waals surface area contributed by atoms with E-state index in [1.54, 1.807) is 6.07 Å². The largest absolute Gasteiger partial charge is 0.361 e. The second kappa shape index (κ2) is 4.84. The molecule has 0 aromatic heterocycles. The van der Waals surface area contributed by atoms with Crippen molar-refractivity contribution in [1.29, 1.82) is 0 Å². The number of hydrogen-bond donors (Lipinski definition) is 2. The highest BCUT2D eigenvalue weighted by Crippen LogP contribution is 2.32. The normalized spacial score (nSPS) is 17.1. The number of carbonyl (C=O) groups excluding carboxylic acids is 1. The Morgan fingerprint density at radius 3 is 2.65 bits per heavy atom. The molecule has 1 atom stereocenters. The number of hydrogen-bond acceptors (Lipinski definition) is 2. The van der Waals surface area contributed by atoms with Gasteiger partial charge in [0.25, 0.3) is 5.91 Å². The molecule has 0 radical (unpaired) electrons. The fraction of sp³-hybridized carbons (Fsp3) is 0.188. The van der Waals surface area contributed by atoms with Crippen molar-refractivity contribution < 1.29 is 4.79 Å². The van der Waals surface area contributed by atoms with Crippen LogP contribution in [0.15, 0.2) is 36.4 Å². The zero-order valence-electron chi connectivity index (χ0n) is 11.3. The van der Waals surface area contributed by atoms with Crippen LogP contribution in [0, 0.1) is 13.8 Å². The topological polar surface area (TPSA) is 41.1 Å². The van der Waals surface area contributed by atoms with Gasteiger partial charge in [-0.3, -0.25) is 4.79 Å². The van der Waals surface area contributed by atoms with Crippen molar-refractivity contribution >= 4 is 23.2 Å². The number of amides is 1. The average molecular weight is 287 g/mol. The number of carbonyl (C=O) groups is 1. The molecule has 1 amide bonds. The van der Waals surface area contributed by atoms with Gasteiger partial charge in [-0.05, 0) is 37.1 Å². The predicted molar refractivity (Wildman–Crippen MR) is 81.2 cm³/mol. The first-order valence-corrected chi connectivity index (χ1v) is 6.87. The molecule has 0 aliphatic carbocycles. The van der Waals surface area contributed by atoms with E-state index in [9.17, 15) is 4.79 Å². The SMILES string of the molecule is Cc1ccc(C2NC(=O)c3c(Cl)cccc3N2)c(C)c1. The molecule has 0 saturated carbocycles. The predicted octanol–water partition coefficient (Wildman–Crippen LogP) is 3.81. The molecule has 2 aromatic carbocycles. The van der Waals surface area contributed by atoms with Crippen LogP contribution in [-0.2, 0) is 0 Å². The Balaban J connectivity index is 2.01. The maximum Gasteiger partial charge on any atom is 0.256 e. The molecule has 102 valence electrons. The van der Waals surface area contributed by atoms with Crippen LogP contribution < -0.4 is 10.6 Å². The molecule has 1 aliphatic heterocycles. The molecule has 2 N–H and O–H groups in total. The van der Waals surface area contributed by atoms with Crippen LogP contribution in [0.5, 0.6) is 0 Å². The van der Waals surface area contributed by atoms with Crippen LogP contribution in [0.25, 0.3) is 0 Å². The summed E-state index contributed by atoms with van der Waals surface area (Å²) in [7, 11) is 0. The Morgan fingerprint density at radius 1 is 1.10 bits per heavy atom. The highest BCUT2D eigenvalue weighted by Gasteiger charge is 2.27. The summed E-state index contributed by atoms with van der Waals surface area (Å²) in [6, 6.07) is 11.6. The van der Waals surface area contributed by atoms with Crippen molar-refractivity contribution in [3.63, 3.8) is 0 Å². The highest BCUT2D eigenvalue weighted by molar-refractivity contribution is 6.34. The second-order valence-electron chi connectivity index (χ2n) is 5.07. The minimum absolute atomic E-state index is 0.144. The van der Waals surface area contributed by atoms with Crippen molar-refractivity contribution in [3.8, 4) is 0 Å².